The fourth-order valence-electron chi connectivity index (χ4n) is 1.37. The van der Waals surface area contributed by atoms with E-state index >= 15 is 0 Å². The summed E-state index contributed by atoms with van der Waals surface area (Å²) in [5.74, 6) is 0.480. The molecule has 0 aliphatic heterocycles. The molecule has 0 radical (unpaired) electrons. The van der Waals surface area contributed by atoms with Crippen molar-refractivity contribution in [3.8, 4) is 11.5 Å². The Bertz CT molecular complexity index is 535. The number of hydrogen-bond acceptors (Lipinski definition) is 2. The van der Waals surface area contributed by atoms with Crippen LogP contribution in [0.15, 0.2) is 46.9 Å². The lowest BCUT2D eigenvalue weighted by atomic mass is 10.2. The quantitative estimate of drug-likeness (QED) is 0.793. The molecule has 2 rings (SSSR count). The molecule has 0 heterocycles. The molecule has 0 atom stereocenters. The van der Waals surface area contributed by atoms with Crippen molar-refractivity contribution in [1.29, 1.82) is 0 Å². The predicted octanol–water partition coefficient (Wildman–Crippen LogP) is 4.19. The molecule has 0 unspecified atom stereocenters. The summed E-state index contributed by atoms with van der Waals surface area (Å²) >= 11 is 3.18. The first-order valence-corrected chi connectivity index (χ1v) is 5.66. The molecule has 86 valence electrons. The summed E-state index contributed by atoms with van der Waals surface area (Å²) in [6, 6.07) is 10.9. The molecule has 2 aromatic carbocycles. The van der Waals surface area contributed by atoms with Gasteiger partial charge >= 0.3 is 0 Å². The van der Waals surface area contributed by atoms with Crippen molar-refractivity contribution in [2.24, 2.45) is 0 Å². The highest BCUT2D eigenvalue weighted by Crippen LogP contribution is 2.26. The van der Waals surface area contributed by atoms with Crippen molar-refractivity contribution in [1.82, 2.24) is 0 Å². The average molecular weight is 295 g/mol. The fraction of sp³-hybridized carbons (Fsp3) is 0. The maximum Gasteiger partial charge on any atom is 0.150 e. The zero-order valence-electron chi connectivity index (χ0n) is 8.69. The molecule has 0 amide bonds. The summed E-state index contributed by atoms with van der Waals surface area (Å²) in [6.45, 7) is 0. The van der Waals surface area contributed by atoms with Gasteiger partial charge in [-0.25, -0.2) is 4.39 Å². The van der Waals surface area contributed by atoms with E-state index < -0.39 is 0 Å². The minimum Gasteiger partial charge on any atom is -0.457 e. The molecule has 0 aliphatic rings. The van der Waals surface area contributed by atoms with Gasteiger partial charge in [0.2, 0.25) is 0 Å². The Hall–Kier alpha value is -1.68. The molecule has 0 bridgehead atoms. The molecule has 0 saturated carbocycles. The van der Waals surface area contributed by atoms with E-state index in [9.17, 15) is 9.18 Å². The zero-order chi connectivity index (χ0) is 12.3. The predicted molar refractivity (Wildman–Crippen MR) is 66.0 cm³/mol. The van der Waals surface area contributed by atoms with E-state index in [2.05, 4.69) is 15.9 Å². The second-order valence-electron chi connectivity index (χ2n) is 3.40. The van der Waals surface area contributed by atoms with Gasteiger partial charge in [-0.2, -0.15) is 0 Å². The summed E-state index contributed by atoms with van der Waals surface area (Å²) in [6.07, 6.45) is 0.731. The minimum atomic E-state index is -0.388. The smallest absolute Gasteiger partial charge is 0.150 e. The number of aldehydes is 1. The van der Waals surface area contributed by atoms with E-state index in [1.165, 1.54) is 12.1 Å². The third kappa shape index (κ3) is 3.14. The van der Waals surface area contributed by atoms with Crippen molar-refractivity contribution in [3.05, 3.63) is 58.3 Å². The highest BCUT2D eigenvalue weighted by molar-refractivity contribution is 9.10. The van der Waals surface area contributed by atoms with Crippen LogP contribution in [0.5, 0.6) is 11.5 Å². The first kappa shape index (κ1) is 11.8. The highest BCUT2D eigenvalue weighted by Gasteiger charge is 2.02. The Morgan fingerprint density at radius 3 is 2.65 bits per heavy atom. The van der Waals surface area contributed by atoms with Crippen LogP contribution in [0.25, 0.3) is 0 Å². The molecule has 0 fully saturated rings. The average Bonchev–Trinajstić information content (AvgIpc) is 2.28. The molecule has 4 heteroatoms. The lowest BCUT2D eigenvalue weighted by molar-refractivity contribution is 0.112. The molecule has 17 heavy (non-hydrogen) atoms. The number of hydrogen-bond donors (Lipinski definition) is 0. The van der Waals surface area contributed by atoms with Gasteiger partial charge in [0, 0.05) is 16.1 Å². The summed E-state index contributed by atoms with van der Waals surface area (Å²) in [7, 11) is 0. The lowest BCUT2D eigenvalue weighted by Gasteiger charge is -2.06. The van der Waals surface area contributed by atoms with E-state index in [0.29, 0.717) is 21.5 Å². The molecule has 0 N–H and O–H groups in total. The summed E-state index contributed by atoms with van der Waals surface area (Å²) < 4.78 is 19.2. The van der Waals surface area contributed by atoms with Crippen LogP contribution in [0.4, 0.5) is 4.39 Å². The van der Waals surface area contributed by atoms with Crippen LogP contribution in [-0.4, -0.2) is 6.29 Å². The summed E-state index contributed by atoms with van der Waals surface area (Å²) in [4.78, 5) is 10.6. The minimum absolute atomic E-state index is 0.375. The van der Waals surface area contributed by atoms with E-state index in [1.807, 2.05) is 0 Å². The van der Waals surface area contributed by atoms with Crippen molar-refractivity contribution >= 4 is 22.2 Å². The summed E-state index contributed by atoms with van der Waals surface area (Å²) in [5, 5.41) is 0. The first-order valence-electron chi connectivity index (χ1n) is 4.86. The van der Waals surface area contributed by atoms with Crippen LogP contribution in [0.1, 0.15) is 10.4 Å². The molecule has 0 spiro atoms. The monoisotopic (exact) mass is 294 g/mol. The molecule has 0 aromatic heterocycles. The molecule has 2 nitrogen and oxygen atoms in total. The number of carbonyl (C=O) groups is 1. The van der Waals surface area contributed by atoms with Gasteiger partial charge in [-0.1, -0.05) is 28.1 Å². The number of halogens is 2. The molecule has 0 aliphatic carbocycles. The van der Waals surface area contributed by atoms with E-state index in [4.69, 9.17) is 4.74 Å². The second-order valence-corrected chi connectivity index (χ2v) is 4.31. The van der Waals surface area contributed by atoms with Crippen LogP contribution < -0.4 is 4.74 Å². The molecular formula is C13H8BrFO2. The maximum absolute atomic E-state index is 13.1. The third-order valence-corrected chi connectivity index (χ3v) is 2.52. The standard InChI is InChI=1S/C13H8BrFO2/c14-10-5-11(15)7-13(6-10)17-12-3-1-2-9(4-12)8-16/h1-8H. The SMILES string of the molecule is O=Cc1cccc(Oc2cc(F)cc(Br)c2)c1. The normalized spacial score (nSPS) is 10.0. The van der Waals surface area contributed by atoms with Crippen LogP contribution in [0.3, 0.4) is 0 Å². The number of benzene rings is 2. The third-order valence-electron chi connectivity index (χ3n) is 2.07. The summed E-state index contributed by atoms with van der Waals surface area (Å²) in [5.41, 5.74) is 0.512. The Balaban J connectivity index is 2.27. The number of ether oxygens (including phenoxy) is 1. The maximum atomic E-state index is 13.1. The molecular weight excluding hydrogens is 287 g/mol. The van der Waals surface area contributed by atoms with Crippen molar-refractivity contribution in [2.75, 3.05) is 0 Å². The van der Waals surface area contributed by atoms with Gasteiger partial charge in [0.05, 0.1) is 0 Å². The molecule has 2 aromatic rings. The van der Waals surface area contributed by atoms with Gasteiger partial charge in [0.25, 0.3) is 0 Å². The lowest BCUT2D eigenvalue weighted by Crippen LogP contribution is -1.87. The zero-order valence-corrected chi connectivity index (χ0v) is 10.3. The number of carbonyl (C=O) groups excluding carboxylic acids is 1. The first-order chi connectivity index (χ1) is 8.17. The largest absolute Gasteiger partial charge is 0.457 e. The molecule has 0 saturated heterocycles. The van der Waals surface area contributed by atoms with Gasteiger partial charge in [-0.3, -0.25) is 4.79 Å². The van der Waals surface area contributed by atoms with Crippen LogP contribution in [0.2, 0.25) is 0 Å². The van der Waals surface area contributed by atoms with Crippen LogP contribution in [-0.2, 0) is 0 Å². The van der Waals surface area contributed by atoms with Gasteiger partial charge in [-0.15, -0.1) is 0 Å². The van der Waals surface area contributed by atoms with Crippen LogP contribution in [0, 0.1) is 5.82 Å². The fourth-order valence-corrected chi connectivity index (χ4v) is 1.82. The van der Waals surface area contributed by atoms with Gasteiger partial charge in [0.1, 0.15) is 23.6 Å². The van der Waals surface area contributed by atoms with Crippen molar-refractivity contribution in [3.63, 3.8) is 0 Å². The van der Waals surface area contributed by atoms with Crippen molar-refractivity contribution < 1.29 is 13.9 Å². The Labute approximate surface area is 106 Å². The van der Waals surface area contributed by atoms with E-state index in [0.717, 1.165) is 6.29 Å². The van der Waals surface area contributed by atoms with Gasteiger partial charge < -0.3 is 4.74 Å². The van der Waals surface area contributed by atoms with E-state index in [-0.39, 0.29) is 5.82 Å². The topological polar surface area (TPSA) is 26.3 Å². The van der Waals surface area contributed by atoms with Gasteiger partial charge in [-0.05, 0) is 24.3 Å². The van der Waals surface area contributed by atoms with E-state index in [1.54, 1.807) is 30.3 Å². The Morgan fingerprint density at radius 1 is 1.12 bits per heavy atom. The van der Waals surface area contributed by atoms with Crippen LogP contribution >= 0.6 is 15.9 Å². The Morgan fingerprint density at radius 2 is 1.94 bits per heavy atom. The Kier molecular flexibility index (Phi) is 3.54. The van der Waals surface area contributed by atoms with Crippen molar-refractivity contribution in [2.45, 2.75) is 0 Å². The highest BCUT2D eigenvalue weighted by atomic mass is 79.9. The number of rotatable bonds is 3. The van der Waals surface area contributed by atoms with Gasteiger partial charge in [0.15, 0.2) is 0 Å². The second kappa shape index (κ2) is 5.10.